The molecule has 0 unspecified atom stereocenters. The Kier molecular flexibility index (Phi) is 2.04. The van der Waals surface area contributed by atoms with Crippen LogP contribution in [0.2, 0.25) is 0 Å². The molecule has 3 heteroatoms. The fourth-order valence-corrected chi connectivity index (χ4v) is 2.07. The van der Waals surface area contributed by atoms with Crippen LogP contribution in [0.5, 0.6) is 0 Å². The van der Waals surface area contributed by atoms with Gasteiger partial charge in [0.2, 0.25) is 0 Å². The topological polar surface area (TPSA) is 20.7 Å². The van der Waals surface area contributed by atoms with Crippen LogP contribution in [0.15, 0.2) is 29.0 Å². The fraction of sp³-hybridized carbons (Fsp3) is 0.200. The van der Waals surface area contributed by atoms with Gasteiger partial charge in [-0.05, 0) is 40.5 Å². The third-order valence-electron chi connectivity index (χ3n) is 2.23. The molecule has 68 valence electrons. The Morgan fingerprint density at radius 2 is 2.23 bits per heavy atom. The highest BCUT2D eigenvalue weighted by molar-refractivity contribution is 9.10. The summed E-state index contributed by atoms with van der Waals surface area (Å²) in [4.78, 5) is 3.21. The second-order valence-corrected chi connectivity index (χ2v) is 4.00. The predicted molar refractivity (Wildman–Crippen MR) is 57.6 cm³/mol. The zero-order chi connectivity index (χ0) is 9.42. The molecule has 2 aromatic heterocycles. The summed E-state index contributed by atoms with van der Waals surface area (Å²) in [6.07, 6.45) is 4.02. The summed E-state index contributed by atoms with van der Waals surface area (Å²) in [5.74, 6) is 0. The summed E-state index contributed by atoms with van der Waals surface area (Å²) < 4.78 is 3.27. The number of hydrogen-bond donors (Lipinski definition) is 1. The van der Waals surface area contributed by atoms with Gasteiger partial charge < -0.3 is 9.55 Å². The van der Waals surface area contributed by atoms with Gasteiger partial charge in [0.15, 0.2) is 0 Å². The lowest BCUT2D eigenvalue weighted by Gasteiger charge is -2.01. The van der Waals surface area contributed by atoms with Crippen LogP contribution in [0.25, 0.3) is 11.4 Å². The minimum atomic E-state index is 1.15. The lowest BCUT2D eigenvalue weighted by Crippen LogP contribution is -1.90. The van der Waals surface area contributed by atoms with E-state index in [1.165, 1.54) is 11.3 Å². The number of aryl methyl sites for hydroxylation is 1. The molecule has 1 N–H and O–H groups in total. The molecule has 13 heavy (non-hydrogen) atoms. The van der Waals surface area contributed by atoms with Crippen LogP contribution in [0, 0.1) is 6.92 Å². The van der Waals surface area contributed by atoms with Crippen molar-refractivity contribution in [2.75, 3.05) is 0 Å². The maximum Gasteiger partial charge on any atom is 0.0684 e. The smallest absolute Gasteiger partial charge is 0.0684 e. The summed E-state index contributed by atoms with van der Waals surface area (Å²) in [5.41, 5.74) is 3.66. The second kappa shape index (κ2) is 3.07. The molecule has 2 nitrogen and oxygen atoms in total. The molecule has 2 aromatic rings. The highest BCUT2D eigenvalue weighted by Crippen LogP contribution is 2.28. The maximum atomic E-state index is 3.52. The van der Waals surface area contributed by atoms with Crippen molar-refractivity contribution in [2.24, 2.45) is 7.05 Å². The summed E-state index contributed by atoms with van der Waals surface area (Å²) in [6.45, 7) is 2.11. The van der Waals surface area contributed by atoms with Crippen LogP contribution < -0.4 is 0 Å². The third kappa shape index (κ3) is 1.33. The van der Waals surface area contributed by atoms with Crippen molar-refractivity contribution in [1.29, 1.82) is 0 Å². The number of H-pyrrole nitrogens is 1. The SMILES string of the molecule is Cc1c(Br)cn(C)c1-c1ccc[nH]1. The van der Waals surface area contributed by atoms with E-state index < -0.39 is 0 Å². The minimum absolute atomic E-state index is 1.15. The molecule has 0 aromatic carbocycles. The van der Waals surface area contributed by atoms with Gasteiger partial charge in [0.1, 0.15) is 0 Å². The van der Waals surface area contributed by atoms with Crippen molar-refractivity contribution < 1.29 is 0 Å². The Labute approximate surface area is 85.7 Å². The van der Waals surface area contributed by atoms with Crippen molar-refractivity contribution in [3.05, 3.63) is 34.6 Å². The van der Waals surface area contributed by atoms with Crippen LogP contribution in [0.3, 0.4) is 0 Å². The van der Waals surface area contributed by atoms with E-state index in [9.17, 15) is 0 Å². The Hall–Kier alpha value is -0.960. The molecule has 0 saturated heterocycles. The average molecular weight is 239 g/mol. The highest BCUT2D eigenvalue weighted by atomic mass is 79.9. The molecule has 0 radical (unpaired) electrons. The van der Waals surface area contributed by atoms with Crippen LogP contribution >= 0.6 is 15.9 Å². The third-order valence-corrected chi connectivity index (χ3v) is 3.03. The molecule has 0 aliphatic carbocycles. The van der Waals surface area contributed by atoms with E-state index in [0.717, 1.165) is 10.2 Å². The number of aromatic nitrogens is 2. The fourth-order valence-electron chi connectivity index (χ4n) is 1.58. The Balaban J connectivity index is 2.64. The van der Waals surface area contributed by atoms with Crippen molar-refractivity contribution >= 4 is 15.9 Å². The quantitative estimate of drug-likeness (QED) is 0.789. The predicted octanol–water partition coefficient (Wildman–Crippen LogP) is 3.09. The van der Waals surface area contributed by atoms with Gasteiger partial charge in [0, 0.05) is 23.9 Å². The molecule has 0 aliphatic rings. The van der Waals surface area contributed by atoms with Crippen LogP contribution in [-0.4, -0.2) is 9.55 Å². The van der Waals surface area contributed by atoms with Crippen molar-refractivity contribution in [1.82, 2.24) is 9.55 Å². The summed E-state index contributed by atoms with van der Waals surface area (Å²) in [5, 5.41) is 0. The standard InChI is InChI=1S/C10H11BrN2/c1-7-8(11)6-13(2)10(7)9-4-3-5-12-9/h3-6,12H,1-2H3. The lowest BCUT2D eigenvalue weighted by atomic mass is 10.2. The molecule has 2 heterocycles. The van der Waals surface area contributed by atoms with Gasteiger partial charge in [-0.15, -0.1) is 0 Å². The molecule has 0 bridgehead atoms. The number of nitrogens with one attached hydrogen (secondary N) is 1. The van der Waals surface area contributed by atoms with E-state index in [4.69, 9.17) is 0 Å². The first-order valence-electron chi connectivity index (χ1n) is 4.15. The molecule has 2 rings (SSSR count). The van der Waals surface area contributed by atoms with Crippen LogP contribution in [-0.2, 0) is 7.05 Å². The Morgan fingerprint density at radius 1 is 1.46 bits per heavy atom. The van der Waals surface area contributed by atoms with E-state index in [1.54, 1.807) is 0 Å². The first kappa shape index (κ1) is 8.63. The molecule has 0 atom stereocenters. The van der Waals surface area contributed by atoms with E-state index in [1.807, 2.05) is 19.3 Å². The molecular weight excluding hydrogens is 228 g/mol. The first-order chi connectivity index (χ1) is 6.20. The van der Waals surface area contributed by atoms with Crippen molar-refractivity contribution in [3.8, 4) is 11.4 Å². The maximum absolute atomic E-state index is 3.52. The Bertz CT molecular complexity index is 412. The van der Waals surface area contributed by atoms with Gasteiger partial charge >= 0.3 is 0 Å². The van der Waals surface area contributed by atoms with Crippen LogP contribution in [0.1, 0.15) is 5.56 Å². The summed E-state index contributed by atoms with van der Waals surface area (Å²) in [6, 6.07) is 4.09. The minimum Gasteiger partial charge on any atom is -0.360 e. The number of halogens is 1. The first-order valence-corrected chi connectivity index (χ1v) is 4.94. The number of aromatic amines is 1. The molecule has 0 fully saturated rings. The molecule has 0 spiro atoms. The second-order valence-electron chi connectivity index (χ2n) is 3.15. The summed E-state index contributed by atoms with van der Waals surface area (Å²) >= 11 is 3.52. The van der Waals surface area contributed by atoms with Gasteiger partial charge in [0.25, 0.3) is 0 Å². The number of nitrogens with zero attached hydrogens (tertiary/aromatic N) is 1. The lowest BCUT2D eigenvalue weighted by molar-refractivity contribution is 0.928. The van der Waals surface area contributed by atoms with Crippen molar-refractivity contribution in [2.45, 2.75) is 6.92 Å². The van der Waals surface area contributed by atoms with E-state index >= 15 is 0 Å². The molecule has 0 saturated carbocycles. The van der Waals surface area contributed by atoms with E-state index in [2.05, 4.69) is 44.7 Å². The highest BCUT2D eigenvalue weighted by Gasteiger charge is 2.10. The van der Waals surface area contributed by atoms with E-state index in [0.29, 0.717) is 0 Å². The van der Waals surface area contributed by atoms with Crippen LogP contribution in [0.4, 0.5) is 0 Å². The summed E-state index contributed by atoms with van der Waals surface area (Å²) in [7, 11) is 2.05. The zero-order valence-corrected chi connectivity index (χ0v) is 9.22. The Morgan fingerprint density at radius 3 is 2.69 bits per heavy atom. The number of hydrogen-bond acceptors (Lipinski definition) is 0. The van der Waals surface area contributed by atoms with Gasteiger partial charge in [-0.3, -0.25) is 0 Å². The molecular formula is C10H11BrN2. The zero-order valence-electron chi connectivity index (χ0n) is 7.63. The van der Waals surface area contributed by atoms with Gasteiger partial charge in [-0.25, -0.2) is 0 Å². The van der Waals surface area contributed by atoms with Gasteiger partial charge in [-0.2, -0.15) is 0 Å². The normalized spacial score (nSPS) is 10.7. The molecule has 0 amide bonds. The van der Waals surface area contributed by atoms with Gasteiger partial charge in [-0.1, -0.05) is 0 Å². The monoisotopic (exact) mass is 238 g/mol. The number of rotatable bonds is 1. The van der Waals surface area contributed by atoms with E-state index in [-0.39, 0.29) is 0 Å². The average Bonchev–Trinajstić information content (AvgIpc) is 2.63. The van der Waals surface area contributed by atoms with Gasteiger partial charge in [0.05, 0.1) is 11.4 Å². The van der Waals surface area contributed by atoms with Crippen molar-refractivity contribution in [3.63, 3.8) is 0 Å². The largest absolute Gasteiger partial charge is 0.360 e. The molecule has 0 aliphatic heterocycles.